The van der Waals surface area contributed by atoms with Crippen LogP contribution in [0.25, 0.3) is 5.53 Å². The van der Waals surface area contributed by atoms with Crippen molar-refractivity contribution in [3.8, 4) is 0 Å². The van der Waals surface area contributed by atoms with Gasteiger partial charge in [-0.15, -0.1) is 0 Å². The molecule has 0 bridgehead atoms. The van der Waals surface area contributed by atoms with E-state index < -0.39 is 11.8 Å². The van der Waals surface area contributed by atoms with Crippen molar-refractivity contribution >= 4 is 17.9 Å². The molecule has 0 saturated carbocycles. The molecule has 0 aliphatic rings. The van der Waals surface area contributed by atoms with Crippen molar-refractivity contribution in [3.05, 3.63) is 41.4 Å². The van der Waals surface area contributed by atoms with E-state index in [1.807, 2.05) is 0 Å². The Morgan fingerprint density at radius 1 is 1.38 bits per heavy atom. The van der Waals surface area contributed by atoms with Crippen LogP contribution in [0.1, 0.15) is 17.3 Å². The Balaban J connectivity index is 2.65. The number of hydrogen-bond donors (Lipinski definition) is 1. The fourth-order valence-electron chi connectivity index (χ4n) is 1.11. The number of carbonyl (C=O) groups excluding carboxylic acids is 2. The summed E-state index contributed by atoms with van der Waals surface area (Å²) in [5, 5.41) is 2.49. The first-order chi connectivity index (χ1) is 7.65. The minimum atomic E-state index is -0.719. The van der Waals surface area contributed by atoms with Gasteiger partial charge < -0.3 is 10.8 Å². The van der Waals surface area contributed by atoms with Gasteiger partial charge in [-0.25, -0.2) is 0 Å². The molecular formula is C11H11N3O2. The first-order valence-electron chi connectivity index (χ1n) is 4.72. The van der Waals surface area contributed by atoms with Crippen LogP contribution in [0.2, 0.25) is 0 Å². The van der Waals surface area contributed by atoms with Gasteiger partial charge in [0.2, 0.25) is 0 Å². The number of nitrogens with zero attached hydrogens (tertiary/aromatic N) is 2. The van der Waals surface area contributed by atoms with E-state index in [4.69, 9.17) is 5.53 Å². The number of Topliss-reactive ketones (excluding diaryl/α,β-unsaturated/α-hetero) is 1. The van der Waals surface area contributed by atoms with Gasteiger partial charge in [0.1, 0.15) is 0 Å². The second kappa shape index (κ2) is 5.58. The maximum Gasteiger partial charge on any atom is 0.325 e. The molecule has 0 aliphatic heterocycles. The summed E-state index contributed by atoms with van der Waals surface area (Å²) in [7, 11) is 0. The molecule has 1 rings (SSSR count). The Morgan fingerprint density at radius 2 is 2.00 bits per heavy atom. The quantitative estimate of drug-likeness (QED) is 0.457. The molecule has 82 valence electrons. The van der Waals surface area contributed by atoms with Gasteiger partial charge in [-0.1, -0.05) is 18.2 Å². The lowest BCUT2D eigenvalue weighted by atomic mass is 10.2. The normalized spacial score (nSPS) is 11.1. The second-order valence-corrected chi connectivity index (χ2v) is 3.21. The predicted octanol–water partition coefficient (Wildman–Crippen LogP) is 0.675. The zero-order valence-corrected chi connectivity index (χ0v) is 8.75. The molecule has 0 aromatic heterocycles. The van der Waals surface area contributed by atoms with Crippen LogP contribution < -0.4 is 5.32 Å². The van der Waals surface area contributed by atoms with E-state index in [9.17, 15) is 9.59 Å². The summed E-state index contributed by atoms with van der Waals surface area (Å²) in [5.74, 6) is -0.806. The topological polar surface area (TPSA) is 82.6 Å². The molecule has 1 N–H and O–H groups in total. The largest absolute Gasteiger partial charge is 0.361 e. The van der Waals surface area contributed by atoms with E-state index >= 15 is 0 Å². The first kappa shape index (κ1) is 11.8. The molecule has 5 nitrogen and oxygen atoms in total. The zero-order chi connectivity index (χ0) is 12.0. The standard InChI is InChI=1S/C11H11N3O2/c1-8(10(15)7-13-12)14-11(16)9-5-3-2-4-6-9/h2-8H,1H3,(H,14,16). The van der Waals surface area contributed by atoms with E-state index in [1.165, 1.54) is 6.92 Å². The molecular weight excluding hydrogens is 206 g/mol. The van der Waals surface area contributed by atoms with Crippen LogP contribution in [0, 0.1) is 0 Å². The predicted molar refractivity (Wildman–Crippen MR) is 58.1 cm³/mol. The second-order valence-electron chi connectivity index (χ2n) is 3.21. The fraction of sp³-hybridized carbons (Fsp3) is 0.182. The third-order valence-corrected chi connectivity index (χ3v) is 2.00. The fourth-order valence-corrected chi connectivity index (χ4v) is 1.11. The third-order valence-electron chi connectivity index (χ3n) is 2.00. The van der Waals surface area contributed by atoms with Gasteiger partial charge in [-0.2, -0.15) is 4.79 Å². The summed E-state index contributed by atoms with van der Waals surface area (Å²) in [6.45, 7) is 1.52. The number of benzene rings is 1. The van der Waals surface area contributed by atoms with Crippen LogP contribution >= 0.6 is 0 Å². The maximum absolute atomic E-state index is 11.6. The van der Waals surface area contributed by atoms with Gasteiger partial charge in [0.05, 0.1) is 6.04 Å². The Kier molecular flexibility index (Phi) is 4.12. The number of carbonyl (C=O) groups is 2. The summed E-state index contributed by atoms with van der Waals surface area (Å²) in [4.78, 5) is 25.4. The highest BCUT2D eigenvalue weighted by Crippen LogP contribution is 1.98. The molecule has 5 heteroatoms. The summed E-state index contributed by atoms with van der Waals surface area (Å²) < 4.78 is 0. The molecule has 0 fully saturated rings. The molecule has 1 aromatic carbocycles. The molecule has 0 radical (unpaired) electrons. The van der Waals surface area contributed by atoms with Crippen molar-refractivity contribution in [2.75, 3.05) is 0 Å². The number of hydrogen-bond acceptors (Lipinski definition) is 2. The third kappa shape index (κ3) is 3.15. The summed E-state index contributed by atoms with van der Waals surface area (Å²) >= 11 is 0. The number of amides is 1. The van der Waals surface area contributed by atoms with Crippen molar-refractivity contribution in [1.29, 1.82) is 0 Å². The minimum Gasteiger partial charge on any atom is -0.361 e. The van der Waals surface area contributed by atoms with Crippen molar-refractivity contribution < 1.29 is 14.4 Å². The van der Waals surface area contributed by atoms with Crippen LogP contribution in [0.4, 0.5) is 0 Å². The van der Waals surface area contributed by atoms with Gasteiger partial charge in [-0.3, -0.25) is 9.59 Å². The Bertz CT molecular complexity index is 436. The summed E-state index contributed by atoms with van der Waals surface area (Å²) in [6.07, 6.45) is 0.760. The van der Waals surface area contributed by atoms with Crippen molar-refractivity contribution in [2.24, 2.45) is 0 Å². The van der Waals surface area contributed by atoms with E-state index in [1.54, 1.807) is 30.3 Å². The number of rotatable bonds is 4. The van der Waals surface area contributed by atoms with E-state index in [-0.39, 0.29) is 5.91 Å². The highest BCUT2D eigenvalue weighted by atomic mass is 16.2. The molecule has 1 unspecified atom stereocenters. The molecule has 1 atom stereocenters. The lowest BCUT2D eigenvalue weighted by molar-refractivity contribution is -0.117. The lowest BCUT2D eigenvalue weighted by Crippen LogP contribution is -2.39. The number of ketones is 1. The maximum atomic E-state index is 11.6. The average Bonchev–Trinajstić information content (AvgIpc) is 2.30. The van der Waals surface area contributed by atoms with Crippen molar-refractivity contribution in [3.63, 3.8) is 0 Å². The van der Waals surface area contributed by atoms with Gasteiger partial charge >= 0.3 is 6.21 Å². The zero-order valence-electron chi connectivity index (χ0n) is 8.75. The van der Waals surface area contributed by atoms with Crippen molar-refractivity contribution in [2.45, 2.75) is 13.0 Å². The lowest BCUT2D eigenvalue weighted by Gasteiger charge is -2.08. The smallest absolute Gasteiger partial charge is 0.325 e. The van der Waals surface area contributed by atoms with Crippen LogP contribution in [-0.4, -0.2) is 28.7 Å². The van der Waals surface area contributed by atoms with Gasteiger partial charge in [0.25, 0.3) is 11.7 Å². The Hall–Kier alpha value is -2.26. The van der Waals surface area contributed by atoms with Gasteiger partial charge in [-0.05, 0) is 19.1 Å². The molecule has 1 amide bonds. The van der Waals surface area contributed by atoms with E-state index in [0.717, 1.165) is 6.21 Å². The van der Waals surface area contributed by atoms with E-state index in [0.29, 0.717) is 5.56 Å². The molecule has 0 heterocycles. The van der Waals surface area contributed by atoms with Crippen LogP contribution in [0.3, 0.4) is 0 Å². The van der Waals surface area contributed by atoms with Gasteiger partial charge in [0.15, 0.2) is 0 Å². The van der Waals surface area contributed by atoms with Gasteiger partial charge in [0, 0.05) is 5.56 Å². The van der Waals surface area contributed by atoms with Crippen LogP contribution in [-0.2, 0) is 4.79 Å². The summed E-state index contributed by atoms with van der Waals surface area (Å²) in [5.41, 5.74) is 8.65. The Labute approximate surface area is 92.7 Å². The molecule has 16 heavy (non-hydrogen) atoms. The highest BCUT2D eigenvalue weighted by Gasteiger charge is 2.17. The average molecular weight is 217 g/mol. The molecule has 0 spiro atoms. The Morgan fingerprint density at radius 3 is 2.56 bits per heavy atom. The van der Waals surface area contributed by atoms with E-state index in [2.05, 4.69) is 10.1 Å². The van der Waals surface area contributed by atoms with Crippen molar-refractivity contribution in [1.82, 2.24) is 5.32 Å². The highest BCUT2D eigenvalue weighted by molar-refractivity contribution is 6.28. The molecule has 1 aromatic rings. The monoisotopic (exact) mass is 217 g/mol. The minimum absolute atomic E-state index is 0.340. The summed E-state index contributed by atoms with van der Waals surface area (Å²) in [6, 6.07) is 7.83. The first-order valence-corrected chi connectivity index (χ1v) is 4.72. The molecule has 0 aliphatic carbocycles. The van der Waals surface area contributed by atoms with Crippen LogP contribution in [0.15, 0.2) is 30.3 Å². The molecule has 0 saturated heterocycles. The van der Waals surface area contributed by atoms with Crippen LogP contribution in [0.5, 0.6) is 0 Å². The number of nitrogens with one attached hydrogen (secondary N) is 1. The SMILES string of the molecule is CC(NC(=O)c1ccccc1)C(=O)C=[N+]=[N-].